The number of esters is 4. The van der Waals surface area contributed by atoms with Gasteiger partial charge in [0.2, 0.25) is 12.6 Å². The van der Waals surface area contributed by atoms with E-state index in [0.717, 1.165) is 88.2 Å². The third-order valence-electron chi connectivity index (χ3n) is 11.6. The van der Waals surface area contributed by atoms with Crippen molar-refractivity contribution < 1.29 is 66.5 Å². The lowest BCUT2D eigenvalue weighted by atomic mass is 10.1. The van der Waals surface area contributed by atoms with E-state index in [1.165, 1.54) is 37.8 Å². The van der Waals surface area contributed by atoms with E-state index < -0.39 is 24.5 Å². The predicted octanol–water partition coefficient (Wildman–Crippen LogP) is 12.0. The van der Waals surface area contributed by atoms with Crippen molar-refractivity contribution in [3.8, 4) is 23.0 Å². The molecule has 0 saturated carbocycles. The van der Waals surface area contributed by atoms with Crippen LogP contribution in [0.15, 0.2) is 122 Å². The molecule has 14 nitrogen and oxygen atoms in total. The SMILES string of the molecule is C=CC(=O)OCCCCCCCCCCOc1ccc(C(=O)Oc2ccc(CO[C@H]3OCCO[C@@H]3OCc3ccc(OC(=O)c4ccc(OCCCCCCCCCCOC(=O)C=C)cc4)cc3)cc2)cc1. The molecule has 0 aromatic heterocycles. The lowest BCUT2D eigenvalue weighted by Gasteiger charge is -2.31. The molecule has 1 aliphatic heterocycles. The molecule has 0 bridgehead atoms. The maximum atomic E-state index is 12.9. The highest BCUT2D eigenvalue weighted by molar-refractivity contribution is 5.91. The second-order valence-corrected chi connectivity index (χ2v) is 17.3. The van der Waals surface area contributed by atoms with Crippen molar-refractivity contribution >= 4 is 23.9 Å². The number of hydrogen-bond donors (Lipinski definition) is 0. The molecular weight excluding hydrogens is 921 g/mol. The van der Waals surface area contributed by atoms with Gasteiger partial charge in [0.05, 0.1) is 64.0 Å². The minimum atomic E-state index is -0.767. The molecule has 4 aromatic carbocycles. The van der Waals surface area contributed by atoms with Gasteiger partial charge in [-0.05, 0) is 110 Å². The van der Waals surface area contributed by atoms with Crippen LogP contribution in [0.5, 0.6) is 23.0 Å². The van der Waals surface area contributed by atoms with Gasteiger partial charge >= 0.3 is 23.9 Å². The molecule has 4 aromatic rings. The summed E-state index contributed by atoms with van der Waals surface area (Å²) in [7, 11) is 0. The van der Waals surface area contributed by atoms with E-state index in [1.54, 1.807) is 72.8 Å². The molecule has 72 heavy (non-hydrogen) atoms. The summed E-state index contributed by atoms with van der Waals surface area (Å²) in [5.74, 6) is 0.539. The second kappa shape index (κ2) is 34.1. The molecular formula is C58H72O14. The van der Waals surface area contributed by atoms with Crippen LogP contribution in [0, 0.1) is 0 Å². The van der Waals surface area contributed by atoms with Crippen molar-refractivity contribution in [2.45, 2.75) is 129 Å². The smallest absolute Gasteiger partial charge is 0.343 e. The molecule has 0 radical (unpaired) electrons. The fourth-order valence-corrected chi connectivity index (χ4v) is 7.48. The Hall–Kier alpha value is -6.32. The van der Waals surface area contributed by atoms with E-state index in [9.17, 15) is 19.2 Å². The lowest BCUT2D eigenvalue weighted by molar-refractivity contribution is -0.326. The highest BCUT2D eigenvalue weighted by Crippen LogP contribution is 2.23. The molecule has 1 aliphatic rings. The topological polar surface area (TPSA) is 161 Å². The summed E-state index contributed by atoms with van der Waals surface area (Å²) in [6.45, 7) is 10.0. The Labute approximate surface area is 424 Å². The summed E-state index contributed by atoms with van der Waals surface area (Å²) in [5.41, 5.74) is 2.51. The average molecular weight is 993 g/mol. The largest absolute Gasteiger partial charge is 0.494 e. The number of ether oxygens (including phenoxy) is 10. The zero-order valence-electron chi connectivity index (χ0n) is 41.6. The Morgan fingerprint density at radius 1 is 0.417 bits per heavy atom. The number of rotatable bonds is 36. The maximum absolute atomic E-state index is 12.9. The van der Waals surface area contributed by atoms with Gasteiger partial charge in [-0.2, -0.15) is 0 Å². The van der Waals surface area contributed by atoms with Gasteiger partial charge in [-0.1, -0.05) is 114 Å². The first-order chi connectivity index (χ1) is 35.3. The fraction of sp³-hybridized carbons (Fsp3) is 0.448. The van der Waals surface area contributed by atoms with Gasteiger partial charge in [-0.3, -0.25) is 0 Å². The van der Waals surface area contributed by atoms with E-state index >= 15 is 0 Å². The summed E-state index contributed by atoms with van der Waals surface area (Å²) in [5, 5.41) is 0. The van der Waals surface area contributed by atoms with Crippen molar-refractivity contribution in [2.24, 2.45) is 0 Å². The Morgan fingerprint density at radius 3 is 1.06 bits per heavy atom. The second-order valence-electron chi connectivity index (χ2n) is 17.3. The van der Waals surface area contributed by atoms with Crippen LogP contribution in [0.2, 0.25) is 0 Å². The van der Waals surface area contributed by atoms with E-state index in [-0.39, 0.29) is 25.2 Å². The van der Waals surface area contributed by atoms with Gasteiger partial charge < -0.3 is 47.4 Å². The lowest BCUT2D eigenvalue weighted by Crippen LogP contribution is -2.41. The number of unbranched alkanes of at least 4 members (excludes halogenated alkanes) is 14. The fourth-order valence-electron chi connectivity index (χ4n) is 7.48. The van der Waals surface area contributed by atoms with Crippen LogP contribution in [-0.2, 0) is 51.2 Å². The molecule has 1 saturated heterocycles. The molecule has 388 valence electrons. The first kappa shape index (κ1) is 56.6. The molecule has 0 aliphatic carbocycles. The molecule has 0 spiro atoms. The standard InChI is InChI=1S/C58H72O14/c1-3-53(59)65-39-19-15-11-7-5-9-13-17-37-63-49-33-25-47(26-34-49)55(61)71-51-29-21-45(22-30-51)43-69-57-58(68-42-41-67-57)70-44-46-23-31-52(32-24-46)72-56(62)48-27-35-50(36-28-48)64-38-18-14-10-6-8-12-16-20-40-66-54(60)4-2/h3-4,21-36,57-58H,1-2,5-20,37-44H2/t57-,58-/m1/s1. The van der Waals surface area contributed by atoms with E-state index in [2.05, 4.69) is 13.2 Å². The van der Waals surface area contributed by atoms with Crippen LogP contribution in [0.1, 0.15) is 135 Å². The normalized spacial score (nSPS) is 14.2. The van der Waals surface area contributed by atoms with Gasteiger partial charge in [0, 0.05) is 12.2 Å². The van der Waals surface area contributed by atoms with Gasteiger partial charge in [-0.25, -0.2) is 19.2 Å². The van der Waals surface area contributed by atoms with Crippen molar-refractivity contribution in [1.82, 2.24) is 0 Å². The number of hydrogen-bond acceptors (Lipinski definition) is 14. The van der Waals surface area contributed by atoms with Crippen molar-refractivity contribution in [3.05, 3.63) is 145 Å². The first-order valence-electron chi connectivity index (χ1n) is 25.4. The van der Waals surface area contributed by atoms with Gasteiger partial charge in [0.1, 0.15) is 23.0 Å². The Balaban J connectivity index is 0.907. The minimum absolute atomic E-state index is 0.209. The molecule has 14 heteroatoms. The predicted molar refractivity (Wildman–Crippen MR) is 272 cm³/mol. The zero-order valence-corrected chi connectivity index (χ0v) is 41.6. The quantitative estimate of drug-likeness (QED) is 0.0183. The molecule has 5 rings (SSSR count). The molecule has 1 heterocycles. The molecule has 2 atom stereocenters. The summed E-state index contributed by atoms with van der Waals surface area (Å²) >= 11 is 0. The van der Waals surface area contributed by atoms with Crippen LogP contribution in [-0.4, -0.2) is 76.1 Å². The minimum Gasteiger partial charge on any atom is -0.494 e. The summed E-state index contributed by atoms with van der Waals surface area (Å²) < 4.78 is 56.7. The average Bonchev–Trinajstić information content (AvgIpc) is 3.41. The van der Waals surface area contributed by atoms with Gasteiger partial charge in [0.25, 0.3) is 0 Å². The van der Waals surface area contributed by atoms with E-state index in [1.807, 2.05) is 24.3 Å². The van der Waals surface area contributed by atoms with Crippen LogP contribution >= 0.6 is 0 Å². The summed E-state index contributed by atoms with van der Waals surface area (Å²) in [6, 6.07) is 28.0. The molecule has 0 N–H and O–H groups in total. The highest BCUT2D eigenvalue weighted by Gasteiger charge is 2.29. The zero-order chi connectivity index (χ0) is 50.9. The number of carbonyl (C=O) groups is 4. The monoisotopic (exact) mass is 992 g/mol. The van der Waals surface area contributed by atoms with E-state index in [0.29, 0.717) is 73.8 Å². The Kier molecular flexibility index (Phi) is 26.8. The van der Waals surface area contributed by atoms with Crippen LogP contribution in [0.25, 0.3) is 0 Å². The Morgan fingerprint density at radius 2 is 0.722 bits per heavy atom. The summed E-state index contributed by atoms with van der Waals surface area (Å²) in [4.78, 5) is 47.8. The Bertz CT molecular complexity index is 2030. The number of benzene rings is 4. The van der Waals surface area contributed by atoms with Crippen molar-refractivity contribution in [2.75, 3.05) is 39.6 Å². The third kappa shape index (κ3) is 22.8. The van der Waals surface area contributed by atoms with Gasteiger partial charge in [0.15, 0.2) is 0 Å². The number of carbonyl (C=O) groups excluding carboxylic acids is 4. The van der Waals surface area contributed by atoms with Gasteiger partial charge in [-0.15, -0.1) is 0 Å². The van der Waals surface area contributed by atoms with Crippen LogP contribution in [0.4, 0.5) is 0 Å². The third-order valence-corrected chi connectivity index (χ3v) is 11.6. The molecule has 0 amide bonds. The summed E-state index contributed by atoms with van der Waals surface area (Å²) in [6.07, 6.45) is 18.1. The van der Waals surface area contributed by atoms with Crippen molar-refractivity contribution in [1.29, 1.82) is 0 Å². The van der Waals surface area contributed by atoms with E-state index in [4.69, 9.17) is 47.4 Å². The van der Waals surface area contributed by atoms with Crippen LogP contribution < -0.4 is 18.9 Å². The molecule has 1 fully saturated rings. The highest BCUT2D eigenvalue weighted by atomic mass is 16.8. The molecule has 0 unspecified atom stereocenters. The first-order valence-corrected chi connectivity index (χ1v) is 25.4. The van der Waals surface area contributed by atoms with Crippen molar-refractivity contribution in [3.63, 3.8) is 0 Å². The maximum Gasteiger partial charge on any atom is 0.343 e. The van der Waals surface area contributed by atoms with Crippen LogP contribution in [0.3, 0.4) is 0 Å².